The highest BCUT2D eigenvalue weighted by molar-refractivity contribution is 6.48. The Kier molecular flexibility index (Phi) is 9.28. The molecule has 0 fully saturated rings. The van der Waals surface area contributed by atoms with E-state index in [1.54, 1.807) is 0 Å². The molecule has 0 aliphatic carbocycles. The van der Waals surface area contributed by atoms with E-state index in [1.807, 2.05) is 0 Å². The van der Waals surface area contributed by atoms with Gasteiger partial charge in [-0.1, -0.05) is 47.5 Å². The van der Waals surface area contributed by atoms with Gasteiger partial charge < -0.3 is 8.85 Å². The van der Waals surface area contributed by atoms with Gasteiger partial charge in [-0.2, -0.15) is 0 Å². The van der Waals surface area contributed by atoms with Crippen molar-refractivity contribution in [1.82, 2.24) is 0 Å². The minimum atomic E-state index is -1.12. The molecule has 0 aliphatic rings. The Hall–Kier alpha value is 0.137. The molecule has 0 aliphatic heterocycles. The average molecular weight is 245 g/mol. The van der Waals surface area contributed by atoms with Crippen LogP contribution < -0.4 is 0 Å². The maximum atomic E-state index is 5.93. The van der Waals surface area contributed by atoms with Crippen molar-refractivity contribution in [1.29, 1.82) is 0 Å². The quantitative estimate of drug-likeness (QED) is 0.534. The molecular formula is C13H29O2Si. The van der Waals surface area contributed by atoms with Crippen LogP contribution in [0.3, 0.4) is 0 Å². The molecule has 1 radical (unpaired) electrons. The molecule has 0 saturated heterocycles. The zero-order valence-corrected chi connectivity index (χ0v) is 12.8. The Morgan fingerprint density at radius 1 is 0.875 bits per heavy atom. The van der Waals surface area contributed by atoms with Gasteiger partial charge in [-0.15, -0.1) is 0 Å². The molecule has 0 N–H and O–H groups in total. The van der Waals surface area contributed by atoms with E-state index < -0.39 is 9.28 Å². The fourth-order valence-corrected chi connectivity index (χ4v) is 3.57. The summed E-state index contributed by atoms with van der Waals surface area (Å²) in [7, 11) is -1.12. The van der Waals surface area contributed by atoms with Gasteiger partial charge in [-0.05, 0) is 19.3 Å². The molecular weight excluding hydrogens is 216 g/mol. The first kappa shape index (κ1) is 16.1. The molecule has 0 aromatic rings. The lowest BCUT2D eigenvalue weighted by Gasteiger charge is -2.30. The van der Waals surface area contributed by atoms with Crippen molar-refractivity contribution in [2.75, 3.05) is 13.2 Å². The maximum Gasteiger partial charge on any atom is 0.390 e. The summed E-state index contributed by atoms with van der Waals surface area (Å²) >= 11 is 0. The second-order valence-electron chi connectivity index (χ2n) is 4.97. The van der Waals surface area contributed by atoms with Crippen LogP contribution >= 0.6 is 0 Å². The molecule has 97 valence electrons. The SMILES string of the molecule is CCCCC(C)(C)[Si](OCCC)OCCC. The monoisotopic (exact) mass is 245 g/mol. The maximum absolute atomic E-state index is 5.93. The van der Waals surface area contributed by atoms with E-state index in [1.165, 1.54) is 19.3 Å². The van der Waals surface area contributed by atoms with Crippen molar-refractivity contribution < 1.29 is 8.85 Å². The van der Waals surface area contributed by atoms with Crippen molar-refractivity contribution in [2.45, 2.75) is 71.8 Å². The van der Waals surface area contributed by atoms with E-state index in [2.05, 4.69) is 34.6 Å². The highest BCUT2D eigenvalue weighted by Crippen LogP contribution is 2.35. The summed E-state index contributed by atoms with van der Waals surface area (Å²) in [5.74, 6) is 0. The van der Waals surface area contributed by atoms with E-state index in [9.17, 15) is 0 Å². The molecule has 0 aromatic carbocycles. The fraction of sp³-hybridized carbons (Fsp3) is 1.00. The van der Waals surface area contributed by atoms with E-state index in [-0.39, 0.29) is 5.04 Å². The van der Waals surface area contributed by atoms with Crippen LogP contribution in [-0.2, 0) is 8.85 Å². The van der Waals surface area contributed by atoms with Gasteiger partial charge in [0.15, 0.2) is 0 Å². The number of rotatable bonds is 10. The second kappa shape index (κ2) is 9.20. The van der Waals surface area contributed by atoms with Crippen LogP contribution in [-0.4, -0.2) is 22.5 Å². The second-order valence-corrected chi connectivity index (χ2v) is 7.48. The van der Waals surface area contributed by atoms with E-state index >= 15 is 0 Å². The summed E-state index contributed by atoms with van der Waals surface area (Å²) in [5, 5.41) is 0.227. The Balaban J connectivity index is 4.20. The fourth-order valence-electron chi connectivity index (χ4n) is 1.54. The molecule has 3 heteroatoms. The third-order valence-corrected chi connectivity index (χ3v) is 4.87. The van der Waals surface area contributed by atoms with Gasteiger partial charge in [0.2, 0.25) is 0 Å². The van der Waals surface area contributed by atoms with Crippen LogP contribution in [0.15, 0.2) is 0 Å². The number of hydrogen-bond acceptors (Lipinski definition) is 2. The van der Waals surface area contributed by atoms with Crippen molar-refractivity contribution in [3.8, 4) is 0 Å². The molecule has 0 aromatic heterocycles. The summed E-state index contributed by atoms with van der Waals surface area (Å²) in [4.78, 5) is 0. The van der Waals surface area contributed by atoms with Crippen molar-refractivity contribution in [3.63, 3.8) is 0 Å². The Bertz CT molecular complexity index is 152. The highest BCUT2D eigenvalue weighted by Gasteiger charge is 2.35. The van der Waals surface area contributed by atoms with E-state index in [0.717, 1.165) is 26.1 Å². The molecule has 0 atom stereocenters. The summed E-state index contributed by atoms with van der Waals surface area (Å²) in [6, 6.07) is 0. The van der Waals surface area contributed by atoms with Crippen molar-refractivity contribution in [2.24, 2.45) is 0 Å². The lowest BCUT2D eigenvalue weighted by Crippen LogP contribution is -2.35. The van der Waals surface area contributed by atoms with Crippen LogP contribution in [0.4, 0.5) is 0 Å². The summed E-state index contributed by atoms with van der Waals surface area (Å²) < 4.78 is 11.9. The first-order valence-corrected chi connectivity index (χ1v) is 8.03. The lowest BCUT2D eigenvalue weighted by molar-refractivity contribution is 0.172. The Morgan fingerprint density at radius 3 is 1.75 bits per heavy atom. The van der Waals surface area contributed by atoms with E-state index in [0.29, 0.717) is 0 Å². The first-order valence-electron chi connectivity index (χ1n) is 6.71. The van der Waals surface area contributed by atoms with Gasteiger partial charge in [0, 0.05) is 18.3 Å². The standard InChI is InChI=1S/C13H29O2Si/c1-6-9-10-13(4,5)16(14-11-7-2)15-12-8-3/h6-12H2,1-5H3. The van der Waals surface area contributed by atoms with Gasteiger partial charge in [0.1, 0.15) is 0 Å². The molecule has 0 heterocycles. The molecule has 16 heavy (non-hydrogen) atoms. The van der Waals surface area contributed by atoms with E-state index in [4.69, 9.17) is 8.85 Å². The van der Waals surface area contributed by atoms with Crippen LogP contribution in [0, 0.1) is 0 Å². The minimum Gasteiger partial charge on any atom is -0.393 e. The number of hydrogen-bond donors (Lipinski definition) is 0. The van der Waals surface area contributed by atoms with Crippen LogP contribution in [0.1, 0.15) is 66.7 Å². The van der Waals surface area contributed by atoms with Gasteiger partial charge >= 0.3 is 9.28 Å². The van der Waals surface area contributed by atoms with Gasteiger partial charge in [0.25, 0.3) is 0 Å². The van der Waals surface area contributed by atoms with Crippen molar-refractivity contribution >= 4 is 9.28 Å². The Labute approximate surface area is 104 Å². The molecule has 0 spiro atoms. The number of unbranched alkanes of at least 4 members (excludes halogenated alkanes) is 1. The molecule has 0 unspecified atom stereocenters. The predicted octanol–water partition coefficient (Wildman–Crippen LogP) is 4.30. The van der Waals surface area contributed by atoms with Crippen LogP contribution in [0.5, 0.6) is 0 Å². The molecule has 0 bridgehead atoms. The average Bonchev–Trinajstić information content (AvgIpc) is 2.26. The zero-order chi connectivity index (χ0) is 12.4. The minimum absolute atomic E-state index is 0.227. The third kappa shape index (κ3) is 6.66. The molecule has 0 amide bonds. The topological polar surface area (TPSA) is 18.5 Å². The molecule has 0 rings (SSSR count). The molecule has 2 nitrogen and oxygen atoms in total. The largest absolute Gasteiger partial charge is 0.393 e. The van der Waals surface area contributed by atoms with Crippen LogP contribution in [0.25, 0.3) is 0 Å². The van der Waals surface area contributed by atoms with Gasteiger partial charge in [0.05, 0.1) is 0 Å². The Morgan fingerprint density at radius 2 is 1.38 bits per heavy atom. The smallest absolute Gasteiger partial charge is 0.390 e. The molecule has 0 saturated carbocycles. The lowest BCUT2D eigenvalue weighted by atomic mass is 10.1. The van der Waals surface area contributed by atoms with Crippen molar-refractivity contribution in [3.05, 3.63) is 0 Å². The normalized spacial score (nSPS) is 12.4. The first-order chi connectivity index (χ1) is 7.58. The third-order valence-electron chi connectivity index (χ3n) is 2.58. The van der Waals surface area contributed by atoms with Gasteiger partial charge in [-0.25, -0.2) is 0 Å². The zero-order valence-electron chi connectivity index (χ0n) is 11.8. The highest BCUT2D eigenvalue weighted by atomic mass is 28.3. The predicted molar refractivity (Wildman–Crippen MR) is 71.8 cm³/mol. The van der Waals surface area contributed by atoms with Crippen LogP contribution in [0.2, 0.25) is 5.04 Å². The van der Waals surface area contributed by atoms with Gasteiger partial charge in [-0.3, -0.25) is 0 Å². The summed E-state index contributed by atoms with van der Waals surface area (Å²) in [6.07, 6.45) is 5.89. The summed E-state index contributed by atoms with van der Waals surface area (Å²) in [5.41, 5.74) is 0. The summed E-state index contributed by atoms with van der Waals surface area (Å²) in [6.45, 7) is 12.8.